The largest absolute Gasteiger partial charge is 0.478 e. The maximum atomic E-state index is 12.6. The van der Waals surface area contributed by atoms with E-state index in [2.05, 4.69) is 10.6 Å². The van der Waals surface area contributed by atoms with Crippen molar-refractivity contribution < 1.29 is 55.3 Å². The van der Waals surface area contributed by atoms with Crippen LogP contribution >= 0.6 is 0 Å². The molecule has 184 valence electrons. The van der Waals surface area contributed by atoms with Crippen LogP contribution in [0, 0.1) is 0 Å². The number of carboxylic acids is 2. The molecule has 0 saturated heterocycles. The van der Waals surface area contributed by atoms with E-state index >= 15 is 0 Å². The first-order valence-electron chi connectivity index (χ1n) is 9.15. The van der Waals surface area contributed by atoms with Gasteiger partial charge in [-0.05, 0) is 24.3 Å². The van der Waals surface area contributed by atoms with Crippen molar-refractivity contribution in [1.82, 2.24) is 10.6 Å². The lowest BCUT2D eigenvalue weighted by atomic mass is 9.91. The fourth-order valence-corrected chi connectivity index (χ4v) is 3.73. The van der Waals surface area contributed by atoms with E-state index < -0.39 is 102 Å². The molecule has 2 aromatic rings. The third-order valence-electron chi connectivity index (χ3n) is 4.40. The third-order valence-corrected chi connectivity index (χ3v) is 5.84. The van der Waals surface area contributed by atoms with Crippen LogP contribution in [0.25, 0.3) is 10.8 Å². The number of amides is 2. The quantitative estimate of drug-likeness (QED) is 0.217. The summed E-state index contributed by atoms with van der Waals surface area (Å²) in [5.41, 5.74) is -1.90. The normalized spacial score (nSPS) is 11.7. The number of nitrogens with one attached hydrogen (secondary N) is 2. The lowest BCUT2D eigenvalue weighted by Gasteiger charge is -2.15. The molecule has 2 amide bonds. The molecule has 34 heavy (non-hydrogen) atoms. The average molecular weight is 518 g/mol. The minimum atomic E-state index is -4.42. The van der Waals surface area contributed by atoms with Crippen molar-refractivity contribution in [3.05, 3.63) is 46.5 Å². The van der Waals surface area contributed by atoms with Gasteiger partial charge in [0.2, 0.25) is 0 Å². The highest BCUT2D eigenvalue weighted by molar-refractivity contribution is 7.86. The number of hydrogen-bond acceptors (Lipinski definition) is 8. The van der Waals surface area contributed by atoms with Crippen molar-refractivity contribution in [3.63, 3.8) is 0 Å². The van der Waals surface area contributed by atoms with E-state index in [1.54, 1.807) is 0 Å². The van der Waals surface area contributed by atoms with Crippen molar-refractivity contribution in [1.29, 1.82) is 0 Å². The molecule has 0 aliphatic carbocycles. The van der Waals surface area contributed by atoms with Gasteiger partial charge in [0.15, 0.2) is 0 Å². The zero-order valence-electron chi connectivity index (χ0n) is 17.0. The van der Waals surface area contributed by atoms with Gasteiger partial charge in [-0.2, -0.15) is 16.8 Å². The summed E-state index contributed by atoms with van der Waals surface area (Å²) in [5.74, 6) is -6.88. The van der Waals surface area contributed by atoms with Crippen molar-refractivity contribution in [2.75, 3.05) is 24.6 Å². The van der Waals surface area contributed by atoms with Gasteiger partial charge in [0.25, 0.3) is 32.1 Å². The van der Waals surface area contributed by atoms with Crippen LogP contribution in [-0.4, -0.2) is 84.5 Å². The second-order valence-corrected chi connectivity index (χ2v) is 9.91. The summed E-state index contributed by atoms with van der Waals surface area (Å²) in [6.07, 6.45) is 0. The summed E-state index contributed by atoms with van der Waals surface area (Å²) in [7, 11) is -8.84. The Labute approximate surface area is 192 Å². The maximum Gasteiger partial charge on any atom is 0.336 e. The molecule has 0 aromatic heterocycles. The Morgan fingerprint density at radius 3 is 1.18 bits per heavy atom. The summed E-state index contributed by atoms with van der Waals surface area (Å²) < 4.78 is 61.0. The number of aromatic carboxylic acids is 2. The SMILES string of the molecule is O=C(O)c1ccc(C(=O)O)c2c(C(=O)NCCS(=O)(=O)O)ccc(C(=O)NCCS(=O)(=O)O)c12. The Balaban J connectivity index is 2.68. The molecule has 6 N–H and O–H groups in total. The van der Waals surface area contributed by atoms with Gasteiger partial charge in [0, 0.05) is 35.0 Å². The number of hydrogen-bond donors (Lipinski definition) is 6. The Morgan fingerprint density at radius 1 is 0.618 bits per heavy atom. The number of carbonyl (C=O) groups excluding carboxylic acids is 2. The number of fused-ring (bicyclic) bond motifs is 1. The van der Waals surface area contributed by atoms with E-state index in [9.17, 15) is 46.2 Å². The van der Waals surface area contributed by atoms with Gasteiger partial charge in [0.1, 0.15) is 0 Å². The summed E-state index contributed by atoms with van der Waals surface area (Å²) in [6.45, 7) is -1.11. The van der Waals surface area contributed by atoms with Gasteiger partial charge in [0.05, 0.1) is 22.6 Å². The van der Waals surface area contributed by atoms with Crippen LogP contribution in [0.5, 0.6) is 0 Å². The molecular weight excluding hydrogens is 500 g/mol. The molecule has 0 aliphatic heterocycles. The molecule has 0 radical (unpaired) electrons. The minimum absolute atomic E-state index is 0.402. The fraction of sp³-hybridized carbons (Fsp3) is 0.222. The van der Waals surface area contributed by atoms with Crippen molar-refractivity contribution in [3.8, 4) is 0 Å². The topological polar surface area (TPSA) is 242 Å². The zero-order chi connectivity index (χ0) is 25.8. The predicted octanol–water partition coefficient (Wildman–Crippen LogP) is -0.529. The van der Waals surface area contributed by atoms with Gasteiger partial charge < -0.3 is 20.8 Å². The average Bonchev–Trinajstić information content (AvgIpc) is 2.69. The smallest absolute Gasteiger partial charge is 0.336 e. The van der Waals surface area contributed by atoms with Crippen molar-refractivity contribution in [2.24, 2.45) is 0 Å². The molecule has 14 nitrogen and oxygen atoms in total. The lowest BCUT2D eigenvalue weighted by Crippen LogP contribution is -2.31. The molecule has 0 bridgehead atoms. The van der Waals surface area contributed by atoms with Gasteiger partial charge in [-0.25, -0.2) is 9.59 Å². The van der Waals surface area contributed by atoms with E-state index in [4.69, 9.17) is 9.11 Å². The number of rotatable bonds is 10. The highest BCUT2D eigenvalue weighted by Gasteiger charge is 2.25. The molecule has 0 saturated carbocycles. The van der Waals surface area contributed by atoms with Crippen LogP contribution in [0.1, 0.15) is 41.4 Å². The molecule has 0 spiro atoms. The molecular formula is C18H18N2O12S2. The Bertz CT molecular complexity index is 1290. The summed E-state index contributed by atoms with van der Waals surface area (Å²) in [4.78, 5) is 48.9. The first-order chi connectivity index (χ1) is 15.6. The molecule has 0 fully saturated rings. The van der Waals surface area contributed by atoms with Gasteiger partial charge in [-0.1, -0.05) is 0 Å². The number of benzene rings is 2. The Morgan fingerprint density at radius 2 is 0.912 bits per heavy atom. The summed E-state index contributed by atoms with van der Waals surface area (Å²) in [5, 5.41) is 22.6. The van der Waals surface area contributed by atoms with Crippen molar-refractivity contribution in [2.45, 2.75) is 0 Å². The van der Waals surface area contributed by atoms with Gasteiger partial charge in [-0.3, -0.25) is 18.7 Å². The van der Waals surface area contributed by atoms with Crippen LogP contribution in [0.2, 0.25) is 0 Å². The Kier molecular flexibility index (Phi) is 7.93. The van der Waals surface area contributed by atoms with Crippen LogP contribution in [-0.2, 0) is 20.2 Å². The molecule has 16 heteroatoms. The van der Waals surface area contributed by atoms with Crippen LogP contribution in [0.15, 0.2) is 24.3 Å². The molecule has 0 aliphatic rings. The van der Waals surface area contributed by atoms with Gasteiger partial charge in [-0.15, -0.1) is 0 Å². The van der Waals surface area contributed by atoms with E-state index in [1.807, 2.05) is 0 Å². The van der Waals surface area contributed by atoms with Crippen LogP contribution < -0.4 is 10.6 Å². The molecule has 2 rings (SSSR count). The molecule has 0 heterocycles. The first-order valence-corrected chi connectivity index (χ1v) is 12.4. The molecule has 0 atom stereocenters. The third kappa shape index (κ3) is 6.70. The van der Waals surface area contributed by atoms with E-state index in [-0.39, 0.29) is 0 Å². The van der Waals surface area contributed by atoms with E-state index in [0.29, 0.717) is 0 Å². The number of carboxylic acid groups (broad SMARTS) is 2. The predicted molar refractivity (Wildman–Crippen MR) is 115 cm³/mol. The van der Waals surface area contributed by atoms with Gasteiger partial charge >= 0.3 is 11.9 Å². The number of carbonyl (C=O) groups is 4. The molecule has 2 aromatic carbocycles. The van der Waals surface area contributed by atoms with E-state index in [1.165, 1.54) is 0 Å². The van der Waals surface area contributed by atoms with E-state index in [0.717, 1.165) is 24.3 Å². The Hall–Kier alpha value is -3.60. The minimum Gasteiger partial charge on any atom is -0.478 e. The zero-order valence-corrected chi connectivity index (χ0v) is 18.6. The van der Waals surface area contributed by atoms with Crippen LogP contribution in [0.3, 0.4) is 0 Å². The second kappa shape index (κ2) is 10.1. The first kappa shape index (κ1) is 26.7. The molecule has 0 unspecified atom stereocenters. The summed E-state index contributed by atoms with van der Waals surface area (Å²) >= 11 is 0. The monoisotopic (exact) mass is 518 g/mol. The van der Waals surface area contributed by atoms with Crippen molar-refractivity contribution >= 4 is 54.8 Å². The lowest BCUT2D eigenvalue weighted by molar-refractivity contribution is 0.0684. The van der Waals surface area contributed by atoms with Crippen LogP contribution in [0.4, 0.5) is 0 Å². The standard InChI is InChI=1S/C18H18N2O12S2/c21-15(19-5-7-33(27,28)29)9-1-2-10(16(22)20-6-8-34(30,31)32)14-12(18(25)26)4-3-11(13(9)14)17(23)24/h1-4H,5-8H2,(H,19,21)(H,20,22)(H,23,24)(H,25,26)(H,27,28,29)(H,30,31,32). The summed E-state index contributed by atoms with van der Waals surface area (Å²) in [6, 6.07) is 3.81. The highest BCUT2D eigenvalue weighted by atomic mass is 32.2. The maximum absolute atomic E-state index is 12.6. The fourth-order valence-electron chi connectivity index (χ4n) is 3.01. The second-order valence-electron chi connectivity index (χ2n) is 6.77. The highest BCUT2D eigenvalue weighted by Crippen LogP contribution is 2.30.